The average molecular weight is 384 g/mol. The van der Waals surface area contributed by atoms with Gasteiger partial charge in [-0.2, -0.15) is 0 Å². The Kier molecular flexibility index (Phi) is 6.73. The minimum atomic E-state index is -0.605. The molecule has 0 unspecified atom stereocenters. The van der Waals surface area contributed by atoms with E-state index in [1.807, 2.05) is 0 Å². The number of benzene rings is 2. The fourth-order valence-electron chi connectivity index (χ4n) is 3.26. The molecule has 7 heteroatoms. The van der Waals surface area contributed by atoms with Gasteiger partial charge in [0.05, 0.1) is 0 Å². The van der Waals surface area contributed by atoms with Crippen LogP contribution in [0.5, 0.6) is 5.75 Å². The summed E-state index contributed by atoms with van der Waals surface area (Å²) in [7, 11) is 0. The molecule has 1 aliphatic rings. The predicted molar refractivity (Wildman–Crippen MR) is 111 cm³/mol. The van der Waals surface area contributed by atoms with Gasteiger partial charge in [-0.3, -0.25) is 4.90 Å². The molecule has 7 nitrogen and oxygen atoms in total. The summed E-state index contributed by atoms with van der Waals surface area (Å²) in [4.78, 5) is 15.4. The van der Waals surface area contributed by atoms with Crippen LogP contribution in [0.2, 0.25) is 0 Å². The lowest BCUT2D eigenvalue weighted by atomic mass is 10.2. The number of carbonyl (C=O) groups is 1. The molecule has 0 aliphatic carbocycles. The summed E-state index contributed by atoms with van der Waals surface area (Å²) in [5, 5.41) is 12.8. The largest absolute Gasteiger partial charge is 0.491 e. The number of aliphatic hydroxyl groups excluding tert-OH is 1. The van der Waals surface area contributed by atoms with Crippen LogP contribution in [-0.4, -0.2) is 61.5 Å². The average Bonchev–Trinajstić information content (AvgIpc) is 2.68. The van der Waals surface area contributed by atoms with E-state index in [2.05, 4.69) is 46.3 Å². The Morgan fingerprint density at radius 2 is 1.75 bits per heavy atom. The van der Waals surface area contributed by atoms with Crippen LogP contribution < -0.4 is 20.7 Å². The minimum absolute atomic E-state index is 0.223. The van der Waals surface area contributed by atoms with E-state index in [9.17, 15) is 9.90 Å². The number of hydrogen-bond donors (Lipinski definition) is 3. The Hall–Kier alpha value is -2.77. The van der Waals surface area contributed by atoms with E-state index in [0.29, 0.717) is 18.0 Å². The summed E-state index contributed by atoms with van der Waals surface area (Å²) in [5.74, 6) is 0.637. The number of ether oxygens (including phenoxy) is 1. The summed E-state index contributed by atoms with van der Waals surface area (Å²) in [6, 6.07) is 14.9. The molecule has 0 saturated carbocycles. The first-order valence-electron chi connectivity index (χ1n) is 9.51. The normalized spacial score (nSPS) is 15.9. The monoisotopic (exact) mass is 384 g/mol. The topological polar surface area (TPSA) is 91.1 Å². The number of carbonyl (C=O) groups excluding carboxylic acids is 1. The van der Waals surface area contributed by atoms with Crippen LogP contribution >= 0.6 is 0 Å². The number of anilines is 2. The second-order valence-corrected chi connectivity index (χ2v) is 7.10. The lowest BCUT2D eigenvalue weighted by molar-refractivity contribution is 0.0663. The van der Waals surface area contributed by atoms with Crippen molar-refractivity contribution < 1.29 is 14.6 Å². The Bertz CT molecular complexity index is 756. The summed E-state index contributed by atoms with van der Waals surface area (Å²) in [5.41, 5.74) is 8.20. The molecule has 1 heterocycles. The van der Waals surface area contributed by atoms with Gasteiger partial charge in [0.25, 0.3) is 0 Å². The van der Waals surface area contributed by atoms with Crippen molar-refractivity contribution in [3.63, 3.8) is 0 Å². The second kappa shape index (κ2) is 9.43. The maximum Gasteiger partial charge on any atom is 0.316 e. The molecule has 1 aliphatic heterocycles. The smallest absolute Gasteiger partial charge is 0.316 e. The number of β-amino-alcohol motifs (C(OH)–C–C–N with tert-alkyl or cyclic N) is 1. The number of hydrogen-bond acceptors (Lipinski definition) is 5. The van der Waals surface area contributed by atoms with Crippen molar-refractivity contribution >= 4 is 17.4 Å². The number of piperazine rings is 1. The number of nitrogens with one attached hydrogen (secondary N) is 1. The number of nitrogens with zero attached hydrogens (tertiary/aromatic N) is 2. The molecule has 1 atom stereocenters. The standard InChI is InChI=1S/C21H28N4O3/c1-16-2-6-18(7-3-16)25-12-10-24(11-13-25)14-19(26)15-28-20-8-4-17(5-9-20)23-21(22)27/h2-9,19,26H,10-15H2,1H3,(H3,22,23,27)/t19-/m0/s1. The van der Waals surface area contributed by atoms with Crippen molar-refractivity contribution in [2.75, 3.05) is 49.5 Å². The maximum atomic E-state index is 10.8. The number of primary amides is 1. The molecule has 0 bridgehead atoms. The fourth-order valence-corrected chi connectivity index (χ4v) is 3.26. The molecular formula is C21H28N4O3. The third kappa shape index (κ3) is 5.87. The van der Waals surface area contributed by atoms with Gasteiger partial charge in [0.2, 0.25) is 0 Å². The van der Waals surface area contributed by atoms with Crippen LogP contribution in [0.4, 0.5) is 16.2 Å². The molecule has 150 valence electrons. The van der Waals surface area contributed by atoms with Gasteiger partial charge in [-0.05, 0) is 43.3 Å². The second-order valence-electron chi connectivity index (χ2n) is 7.10. The Morgan fingerprint density at radius 1 is 1.11 bits per heavy atom. The maximum absolute atomic E-state index is 10.8. The van der Waals surface area contributed by atoms with Gasteiger partial charge in [-0.15, -0.1) is 0 Å². The van der Waals surface area contributed by atoms with Gasteiger partial charge in [-0.1, -0.05) is 17.7 Å². The highest BCUT2D eigenvalue weighted by Gasteiger charge is 2.19. The van der Waals surface area contributed by atoms with Gasteiger partial charge >= 0.3 is 6.03 Å². The zero-order valence-electron chi connectivity index (χ0n) is 16.2. The first kappa shape index (κ1) is 20.0. The van der Waals surface area contributed by atoms with E-state index >= 15 is 0 Å². The molecule has 1 fully saturated rings. The summed E-state index contributed by atoms with van der Waals surface area (Å²) >= 11 is 0. The van der Waals surface area contributed by atoms with E-state index in [1.54, 1.807) is 24.3 Å². The van der Waals surface area contributed by atoms with Crippen LogP contribution in [0, 0.1) is 6.92 Å². The van der Waals surface area contributed by atoms with Gasteiger partial charge in [0.15, 0.2) is 0 Å². The zero-order valence-corrected chi connectivity index (χ0v) is 16.2. The highest BCUT2D eigenvalue weighted by molar-refractivity contribution is 5.87. The van der Waals surface area contributed by atoms with Gasteiger partial charge < -0.3 is 25.8 Å². The van der Waals surface area contributed by atoms with Crippen LogP contribution in [0.25, 0.3) is 0 Å². The number of amides is 2. The fraction of sp³-hybridized carbons (Fsp3) is 0.381. The molecule has 2 aromatic carbocycles. The number of aryl methyl sites for hydroxylation is 1. The lowest BCUT2D eigenvalue weighted by Gasteiger charge is -2.36. The Labute approximate surface area is 165 Å². The number of rotatable bonds is 7. The predicted octanol–water partition coefficient (Wildman–Crippen LogP) is 2.05. The van der Waals surface area contributed by atoms with E-state index in [-0.39, 0.29) is 6.61 Å². The molecule has 1 saturated heterocycles. The van der Waals surface area contributed by atoms with Gasteiger partial charge in [-0.25, -0.2) is 4.79 Å². The minimum Gasteiger partial charge on any atom is -0.491 e. The molecule has 0 spiro atoms. The van der Waals surface area contributed by atoms with Crippen LogP contribution in [0.1, 0.15) is 5.56 Å². The van der Waals surface area contributed by atoms with E-state index in [1.165, 1.54) is 11.3 Å². The van der Waals surface area contributed by atoms with Gasteiger partial charge in [0, 0.05) is 44.1 Å². The van der Waals surface area contributed by atoms with Crippen molar-refractivity contribution in [3.8, 4) is 5.75 Å². The summed E-state index contributed by atoms with van der Waals surface area (Å²) < 4.78 is 5.64. The van der Waals surface area contributed by atoms with Crippen molar-refractivity contribution in [3.05, 3.63) is 54.1 Å². The van der Waals surface area contributed by atoms with Gasteiger partial charge in [0.1, 0.15) is 18.5 Å². The molecule has 3 rings (SSSR count). The molecule has 4 N–H and O–H groups in total. The first-order chi connectivity index (χ1) is 13.5. The van der Waals surface area contributed by atoms with Crippen LogP contribution in [0.3, 0.4) is 0 Å². The van der Waals surface area contributed by atoms with Crippen molar-refractivity contribution in [2.24, 2.45) is 5.73 Å². The highest BCUT2D eigenvalue weighted by atomic mass is 16.5. The SMILES string of the molecule is Cc1ccc(N2CCN(C[C@H](O)COc3ccc(NC(N)=O)cc3)CC2)cc1. The lowest BCUT2D eigenvalue weighted by Crippen LogP contribution is -2.49. The third-order valence-electron chi connectivity index (χ3n) is 4.80. The molecule has 2 aromatic rings. The zero-order chi connectivity index (χ0) is 19.9. The van der Waals surface area contributed by atoms with E-state index < -0.39 is 12.1 Å². The quantitative estimate of drug-likeness (QED) is 0.680. The molecule has 0 aromatic heterocycles. The van der Waals surface area contributed by atoms with Crippen molar-refractivity contribution in [1.29, 1.82) is 0 Å². The highest BCUT2D eigenvalue weighted by Crippen LogP contribution is 2.18. The summed E-state index contributed by atoms with van der Waals surface area (Å²) in [6.07, 6.45) is -0.561. The number of nitrogens with two attached hydrogens (primary N) is 1. The van der Waals surface area contributed by atoms with Crippen molar-refractivity contribution in [2.45, 2.75) is 13.0 Å². The molecule has 0 radical (unpaired) electrons. The molecule has 28 heavy (non-hydrogen) atoms. The number of aliphatic hydroxyl groups is 1. The summed E-state index contributed by atoms with van der Waals surface area (Å²) in [6.45, 7) is 6.63. The van der Waals surface area contributed by atoms with E-state index in [4.69, 9.17) is 10.5 Å². The molecular weight excluding hydrogens is 356 g/mol. The van der Waals surface area contributed by atoms with Crippen molar-refractivity contribution in [1.82, 2.24) is 4.90 Å². The molecule has 2 amide bonds. The van der Waals surface area contributed by atoms with Crippen LogP contribution in [0.15, 0.2) is 48.5 Å². The van der Waals surface area contributed by atoms with Crippen LogP contribution in [-0.2, 0) is 0 Å². The van der Waals surface area contributed by atoms with E-state index in [0.717, 1.165) is 26.2 Å². The first-order valence-corrected chi connectivity index (χ1v) is 9.51. The number of urea groups is 1. The third-order valence-corrected chi connectivity index (χ3v) is 4.80. The Morgan fingerprint density at radius 3 is 2.36 bits per heavy atom. The Balaban J connectivity index is 1.39.